The lowest BCUT2D eigenvalue weighted by Crippen LogP contribution is -2.38. The molecular weight excluding hydrogens is 476 g/mol. The highest BCUT2D eigenvalue weighted by atomic mass is 16.5. The summed E-state index contributed by atoms with van der Waals surface area (Å²) in [6.07, 6.45) is 7.38. The van der Waals surface area contributed by atoms with Crippen LogP contribution in [0.5, 0.6) is 0 Å². The van der Waals surface area contributed by atoms with Gasteiger partial charge in [-0.25, -0.2) is 4.98 Å². The smallest absolute Gasteiger partial charge is 0.259 e. The number of likely N-dealkylation sites (tertiary alicyclic amines) is 1. The van der Waals surface area contributed by atoms with Gasteiger partial charge >= 0.3 is 0 Å². The lowest BCUT2D eigenvalue weighted by atomic mass is 9.89. The van der Waals surface area contributed by atoms with Gasteiger partial charge in [-0.3, -0.25) is 4.79 Å². The molecule has 1 fully saturated rings. The number of ether oxygens (including phenoxy) is 1. The quantitative estimate of drug-likeness (QED) is 0.313. The van der Waals surface area contributed by atoms with Crippen molar-refractivity contribution >= 4 is 34.0 Å². The number of aromatic nitrogens is 4. The summed E-state index contributed by atoms with van der Waals surface area (Å²) < 4.78 is 9.44. The van der Waals surface area contributed by atoms with Gasteiger partial charge in [0.15, 0.2) is 5.65 Å². The number of anilines is 2. The van der Waals surface area contributed by atoms with Crippen LogP contribution in [0.4, 0.5) is 11.5 Å². The summed E-state index contributed by atoms with van der Waals surface area (Å²) >= 11 is 0. The fourth-order valence-corrected chi connectivity index (χ4v) is 5.38. The molecule has 0 aliphatic carbocycles. The molecule has 4 heterocycles. The zero-order valence-corrected chi connectivity index (χ0v) is 21.8. The molecule has 0 spiro atoms. The van der Waals surface area contributed by atoms with Crippen molar-refractivity contribution in [2.45, 2.75) is 32.3 Å². The Labute approximate surface area is 221 Å². The lowest BCUT2D eigenvalue weighted by Gasteiger charge is -2.32. The molecule has 3 aromatic heterocycles. The minimum absolute atomic E-state index is 0.0314. The second kappa shape index (κ2) is 10.3. The third-order valence-corrected chi connectivity index (χ3v) is 7.49. The van der Waals surface area contributed by atoms with Gasteiger partial charge in [-0.15, -0.1) is 0 Å². The molecule has 194 valence electrons. The largest absolute Gasteiger partial charge is 0.377 e. The highest BCUT2D eigenvalue weighted by Gasteiger charge is 2.28. The molecule has 1 aliphatic rings. The molecule has 0 radical (unpaired) electrons. The van der Waals surface area contributed by atoms with Crippen LogP contribution in [-0.4, -0.2) is 49.7 Å². The molecule has 0 bridgehead atoms. The summed E-state index contributed by atoms with van der Waals surface area (Å²) in [5, 5.41) is 9.24. The number of aryl methyl sites for hydroxylation is 1. The number of nitrogens with one attached hydrogen (secondary N) is 1. The van der Waals surface area contributed by atoms with Gasteiger partial charge in [-0.1, -0.05) is 30.3 Å². The maximum absolute atomic E-state index is 13.9. The van der Waals surface area contributed by atoms with Gasteiger partial charge in [-0.05, 0) is 55.5 Å². The number of piperidine rings is 1. The molecule has 1 saturated heterocycles. The van der Waals surface area contributed by atoms with E-state index in [0.29, 0.717) is 49.2 Å². The van der Waals surface area contributed by atoms with Gasteiger partial charge < -0.3 is 19.5 Å². The predicted molar refractivity (Wildman–Crippen MR) is 149 cm³/mol. The fourth-order valence-electron chi connectivity index (χ4n) is 5.38. The van der Waals surface area contributed by atoms with Crippen molar-refractivity contribution in [2.24, 2.45) is 7.05 Å². The van der Waals surface area contributed by atoms with Crippen LogP contribution >= 0.6 is 0 Å². The minimum Gasteiger partial charge on any atom is -0.377 e. The normalized spacial score (nSPS) is 14.4. The van der Waals surface area contributed by atoms with Gasteiger partial charge in [0.2, 0.25) is 0 Å². The topological polar surface area (TPSA) is 76.7 Å². The zero-order chi connectivity index (χ0) is 26.1. The summed E-state index contributed by atoms with van der Waals surface area (Å²) in [5.41, 5.74) is 5.45. The molecule has 0 saturated carbocycles. The van der Waals surface area contributed by atoms with Crippen LogP contribution in [0, 0.1) is 0 Å². The van der Waals surface area contributed by atoms with Gasteiger partial charge in [-0.2, -0.15) is 9.61 Å². The lowest BCUT2D eigenvalue weighted by molar-refractivity contribution is 0.0713. The Morgan fingerprint density at radius 3 is 2.68 bits per heavy atom. The van der Waals surface area contributed by atoms with Crippen LogP contribution in [0.2, 0.25) is 0 Å². The number of hydrogen-bond acceptors (Lipinski definition) is 5. The van der Waals surface area contributed by atoms with Crippen LogP contribution in [0.25, 0.3) is 16.6 Å². The van der Waals surface area contributed by atoms with Crippen LogP contribution in [-0.2, 0) is 18.4 Å². The van der Waals surface area contributed by atoms with Gasteiger partial charge in [0.1, 0.15) is 11.4 Å². The highest BCUT2D eigenvalue weighted by molar-refractivity contribution is 6.00. The van der Waals surface area contributed by atoms with Crippen LogP contribution in [0.1, 0.15) is 47.2 Å². The van der Waals surface area contributed by atoms with Crippen molar-refractivity contribution < 1.29 is 9.53 Å². The number of fused-ring (bicyclic) bond motifs is 2. The molecule has 5 aromatic rings. The van der Waals surface area contributed by atoms with Gasteiger partial charge in [0.25, 0.3) is 5.91 Å². The number of hydrogen-bond donors (Lipinski definition) is 1. The molecule has 8 nitrogen and oxygen atoms in total. The van der Waals surface area contributed by atoms with Crippen molar-refractivity contribution in [1.29, 1.82) is 0 Å². The molecule has 38 heavy (non-hydrogen) atoms. The molecule has 8 heteroatoms. The SMILES string of the molecule is CCOCc1cnn2c(Nc3ccc4c(ccn4C)c3)c(C(=O)N3CCC(c4ccccc4)CC3)cnc12. The Bertz CT molecular complexity index is 1580. The van der Waals surface area contributed by atoms with E-state index in [2.05, 4.69) is 62.4 Å². The van der Waals surface area contributed by atoms with Gasteiger partial charge in [0.05, 0.1) is 12.8 Å². The maximum Gasteiger partial charge on any atom is 0.259 e. The first kappa shape index (κ1) is 24.2. The second-order valence-corrected chi connectivity index (χ2v) is 9.87. The fraction of sp³-hybridized carbons (Fsp3) is 0.300. The van der Waals surface area contributed by atoms with Crippen LogP contribution in [0.3, 0.4) is 0 Å². The molecule has 0 unspecified atom stereocenters. The first-order valence-electron chi connectivity index (χ1n) is 13.2. The first-order valence-corrected chi connectivity index (χ1v) is 13.2. The summed E-state index contributed by atoms with van der Waals surface area (Å²) in [6.45, 7) is 4.41. The number of nitrogens with zero attached hydrogens (tertiary/aromatic N) is 5. The third kappa shape index (κ3) is 4.52. The molecule has 1 N–H and O–H groups in total. The van der Waals surface area contributed by atoms with Crippen LogP contribution < -0.4 is 5.32 Å². The number of benzene rings is 2. The monoisotopic (exact) mass is 508 g/mol. The van der Waals surface area contributed by atoms with Gasteiger partial charge in [0, 0.05) is 61.3 Å². The number of carbonyl (C=O) groups is 1. The first-order chi connectivity index (χ1) is 18.6. The summed E-state index contributed by atoms with van der Waals surface area (Å²) in [6, 6.07) is 18.9. The second-order valence-electron chi connectivity index (χ2n) is 9.87. The maximum atomic E-state index is 13.9. The van der Waals surface area contributed by atoms with Crippen molar-refractivity contribution in [2.75, 3.05) is 25.0 Å². The van der Waals surface area contributed by atoms with E-state index in [4.69, 9.17) is 4.74 Å². The van der Waals surface area contributed by atoms with E-state index in [1.54, 1.807) is 16.9 Å². The number of amides is 1. The summed E-state index contributed by atoms with van der Waals surface area (Å²) in [4.78, 5) is 20.5. The molecule has 2 aromatic carbocycles. The minimum atomic E-state index is -0.0314. The average molecular weight is 509 g/mol. The Kier molecular flexibility index (Phi) is 6.55. The van der Waals surface area contributed by atoms with Crippen molar-refractivity contribution in [1.82, 2.24) is 24.1 Å². The molecule has 1 aliphatic heterocycles. The van der Waals surface area contributed by atoms with Crippen molar-refractivity contribution in [3.05, 3.63) is 89.9 Å². The van der Waals surface area contributed by atoms with Crippen molar-refractivity contribution in [3.63, 3.8) is 0 Å². The van der Waals surface area contributed by atoms with E-state index in [1.807, 2.05) is 37.2 Å². The third-order valence-electron chi connectivity index (χ3n) is 7.49. The Hall–Kier alpha value is -4.17. The summed E-state index contributed by atoms with van der Waals surface area (Å²) in [7, 11) is 2.03. The average Bonchev–Trinajstić information content (AvgIpc) is 3.55. The number of rotatable bonds is 7. The molecule has 1 amide bonds. The number of carbonyl (C=O) groups excluding carboxylic acids is 1. The van der Waals surface area contributed by atoms with E-state index < -0.39 is 0 Å². The van der Waals surface area contributed by atoms with E-state index in [1.165, 1.54) is 5.56 Å². The molecule has 6 rings (SSSR count). The van der Waals surface area contributed by atoms with Crippen LogP contribution in [0.15, 0.2) is 73.2 Å². The van der Waals surface area contributed by atoms with E-state index in [9.17, 15) is 4.79 Å². The molecular formula is C30H32N6O2. The zero-order valence-electron chi connectivity index (χ0n) is 21.8. The Morgan fingerprint density at radius 1 is 1.08 bits per heavy atom. The van der Waals surface area contributed by atoms with Crippen molar-refractivity contribution in [3.8, 4) is 0 Å². The van der Waals surface area contributed by atoms with E-state index in [0.717, 1.165) is 35.0 Å². The summed E-state index contributed by atoms with van der Waals surface area (Å²) in [5.74, 6) is 1.06. The molecule has 0 atom stereocenters. The van der Waals surface area contributed by atoms with E-state index in [-0.39, 0.29) is 5.91 Å². The predicted octanol–water partition coefficient (Wildman–Crippen LogP) is 5.52. The standard InChI is InChI=1S/C30H32N6O2/c1-3-38-20-24-18-32-36-28(24)31-19-26(29(36)33-25-9-10-27-23(17-25)11-14-34(27)2)30(37)35-15-12-22(13-16-35)21-7-5-4-6-8-21/h4-11,14,17-19,22,33H,3,12-13,15-16,20H2,1-2H3. The van der Waals surface area contributed by atoms with E-state index >= 15 is 0 Å². The Balaban J connectivity index is 1.32. The Morgan fingerprint density at radius 2 is 1.89 bits per heavy atom. The highest BCUT2D eigenvalue weighted by Crippen LogP contribution is 2.31.